The molecule has 4 heterocycles. The Morgan fingerprint density at radius 2 is 1.08 bits per heavy atom. The third-order valence-electron chi connectivity index (χ3n) is 14.0. The van der Waals surface area contributed by atoms with Crippen LogP contribution in [-0.4, -0.2) is 15.3 Å². The van der Waals surface area contributed by atoms with Crippen molar-refractivity contribution in [1.29, 1.82) is 0 Å². The van der Waals surface area contributed by atoms with Gasteiger partial charge in [-0.1, -0.05) is 151 Å². The quantitative estimate of drug-likeness (QED) is 0.159. The summed E-state index contributed by atoms with van der Waals surface area (Å²) in [6.07, 6.45) is 3.00. The highest BCUT2D eigenvalue weighted by molar-refractivity contribution is 7.25. The van der Waals surface area contributed by atoms with Gasteiger partial charge < -0.3 is 4.57 Å². The molecule has 1 aliphatic heterocycles. The van der Waals surface area contributed by atoms with Gasteiger partial charge in [0.1, 0.15) is 0 Å². The molecule has 1 atom stereocenters. The molecule has 0 radical (unpaired) electrons. The lowest BCUT2D eigenvalue weighted by atomic mass is 9.94. The molecule has 4 heteroatoms. The number of thiophene rings is 1. The predicted octanol–water partition coefficient (Wildman–Crippen LogP) is 16.4. The number of nitrogens with zero attached hydrogens (tertiary/aromatic N) is 3. The lowest BCUT2D eigenvalue weighted by Crippen LogP contribution is -2.04. The van der Waals surface area contributed by atoms with E-state index in [2.05, 4.69) is 206 Å². The van der Waals surface area contributed by atoms with Gasteiger partial charge in [0.05, 0.1) is 28.1 Å². The van der Waals surface area contributed by atoms with Crippen molar-refractivity contribution in [3.8, 4) is 16.8 Å². The molecular weight excluding hydrogens is 807 g/mol. The van der Waals surface area contributed by atoms with Crippen LogP contribution in [0.25, 0.3) is 102 Å². The maximum Gasteiger partial charge on any atom is 0.0982 e. The van der Waals surface area contributed by atoms with Crippen LogP contribution in [0.3, 0.4) is 0 Å². The normalized spacial score (nSPS) is 15.2. The van der Waals surface area contributed by atoms with Crippen LogP contribution in [0.1, 0.15) is 30.2 Å². The van der Waals surface area contributed by atoms with Crippen molar-refractivity contribution in [2.75, 3.05) is 0 Å². The van der Waals surface area contributed by atoms with E-state index in [1.807, 2.05) is 17.5 Å². The Balaban J connectivity index is 0.942. The van der Waals surface area contributed by atoms with Crippen molar-refractivity contribution < 1.29 is 0 Å². The summed E-state index contributed by atoms with van der Waals surface area (Å²) in [6, 6.07) is 71.3. The number of benzene rings is 9. The molecule has 304 valence electrons. The number of rotatable bonds is 5. The zero-order valence-electron chi connectivity index (χ0n) is 35.6. The lowest BCUT2D eigenvalue weighted by Gasteiger charge is -2.14. The Morgan fingerprint density at radius 1 is 0.477 bits per heavy atom. The Kier molecular flexibility index (Phi) is 7.90. The van der Waals surface area contributed by atoms with Gasteiger partial charge in [-0.15, -0.1) is 11.3 Å². The molecule has 14 rings (SSSR count). The lowest BCUT2D eigenvalue weighted by molar-refractivity contribution is 1.19. The van der Waals surface area contributed by atoms with Crippen LogP contribution in [0.2, 0.25) is 0 Å². The molecule has 1 unspecified atom stereocenters. The van der Waals surface area contributed by atoms with Crippen LogP contribution in [0, 0.1) is 5.92 Å². The van der Waals surface area contributed by atoms with E-state index in [9.17, 15) is 0 Å². The minimum atomic E-state index is 0.299. The molecule has 2 aliphatic rings. The summed E-state index contributed by atoms with van der Waals surface area (Å²) >= 11 is 1.83. The molecule has 9 aromatic carbocycles. The SMILES string of the molecule is CC1=C(c2nccc3sc4ccc(-c5ccc6c(c5)c5ccccc5n6-c5ccc6c7ccccc7c7ccccc7c6c5)cc4c23)N=C(c2ccccc2)C2CC2=C1c1ccccc1. The minimum Gasteiger partial charge on any atom is -0.309 e. The molecule has 65 heavy (non-hydrogen) atoms. The van der Waals surface area contributed by atoms with Crippen LogP contribution < -0.4 is 0 Å². The second-order valence-electron chi connectivity index (χ2n) is 17.6. The van der Waals surface area contributed by atoms with Crippen molar-refractivity contribution in [1.82, 2.24) is 9.55 Å². The number of hydrogen-bond donors (Lipinski definition) is 0. The molecule has 1 fully saturated rings. The first-order valence-corrected chi connectivity index (χ1v) is 23.3. The third-order valence-corrected chi connectivity index (χ3v) is 15.2. The van der Waals surface area contributed by atoms with Crippen LogP contribution in [-0.2, 0) is 0 Å². The Labute approximate surface area is 379 Å². The average Bonchev–Trinajstić information content (AvgIpc) is 3.96. The van der Waals surface area contributed by atoms with E-state index in [4.69, 9.17) is 9.98 Å². The molecule has 1 aliphatic carbocycles. The van der Waals surface area contributed by atoms with Gasteiger partial charge in [-0.25, -0.2) is 4.99 Å². The van der Waals surface area contributed by atoms with E-state index in [0.717, 1.165) is 29.2 Å². The Bertz CT molecular complexity index is 4060. The summed E-state index contributed by atoms with van der Waals surface area (Å²) in [4.78, 5) is 10.9. The van der Waals surface area contributed by atoms with Crippen molar-refractivity contribution >= 4 is 103 Å². The summed E-state index contributed by atoms with van der Waals surface area (Å²) < 4.78 is 4.91. The van der Waals surface area contributed by atoms with Crippen LogP contribution >= 0.6 is 11.3 Å². The highest BCUT2D eigenvalue weighted by Gasteiger charge is 2.41. The zero-order valence-corrected chi connectivity index (χ0v) is 36.4. The first-order valence-electron chi connectivity index (χ1n) is 22.5. The van der Waals surface area contributed by atoms with E-state index in [-0.39, 0.29) is 0 Å². The second kappa shape index (κ2) is 14.0. The number of fused-ring (bicyclic) bond motifs is 13. The smallest absolute Gasteiger partial charge is 0.0982 e. The van der Waals surface area contributed by atoms with Gasteiger partial charge in [-0.2, -0.15) is 0 Å². The highest BCUT2D eigenvalue weighted by Crippen LogP contribution is 2.53. The van der Waals surface area contributed by atoms with Gasteiger partial charge in [0.2, 0.25) is 0 Å². The van der Waals surface area contributed by atoms with Crippen molar-refractivity contribution in [3.63, 3.8) is 0 Å². The van der Waals surface area contributed by atoms with Gasteiger partial charge in [0.15, 0.2) is 0 Å². The zero-order chi connectivity index (χ0) is 42.8. The van der Waals surface area contributed by atoms with Gasteiger partial charge in [-0.3, -0.25) is 4.98 Å². The maximum absolute atomic E-state index is 5.64. The monoisotopic (exact) mass is 845 g/mol. The molecule has 0 spiro atoms. The molecule has 0 N–H and O–H groups in total. The van der Waals surface area contributed by atoms with E-state index in [0.29, 0.717) is 5.92 Å². The highest BCUT2D eigenvalue weighted by atomic mass is 32.1. The number of hydrogen-bond acceptors (Lipinski definition) is 3. The largest absolute Gasteiger partial charge is 0.309 e. The fraction of sp³-hybridized carbons (Fsp3) is 0.0492. The topological polar surface area (TPSA) is 30.2 Å². The van der Waals surface area contributed by atoms with E-state index < -0.39 is 0 Å². The summed E-state index contributed by atoms with van der Waals surface area (Å²) in [7, 11) is 0. The summed E-state index contributed by atoms with van der Waals surface area (Å²) in [5, 5.41) is 12.6. The summed E-state index contributed by atoms with van der Waals surface area (Å²) in [5.41, 5.74) is 15.4. The van der Waals surface area contributed by atoms with E-state index in [1.165, 1.54) is 113 Å². The number of pyridine rings is 1. The number of aromatic nitrogens is 2. The predicted molar refractivity (Wildman–Crippen MR) is 276 cm³/mol. The van der Waals surface area contributed by atoms with Crippen molar-refractivity contribution in [2.45, 2.75) is 13.3 Å². The second-order valence-corrected chi connectivity index (χ2v) is 18.7. The molecule has 0 saturated heterocycles. The molecule has 12 aromatic rings. The summed E-state index contributed by atoms with van der Waals surface area (Å²) in [6.45, 7) is 2.26. The van der Waals surface area contributed by atoms with Crippen LogP contribution in [0.5, 0.6) is 0 Å². The van der Waals surface area contributed by atoms with Gasteiger partial charge in [0.25, 0.3) is 0 Å². The molecule has 0 amide bonds. The first kappa shape index (κ1) is 36.6. The molecule has 3 aromatic heterocycles. The van der Waals surface area contributed by atoms with Crippen LogP contribution in [0.4, 0.5) is 0 Å². The van der Waals surface area contributed by atoms with Gasteiger partial charge in [0, 0.05) is 48.7 Å². The summed E-state index contributed by atoms with van der Waals surface area (Å²) in [5.74, 6) is 0.299. The van der Waals surface area contributed by atoms with Gasteiger partial charge in [-0.05, 0) is 128 Å². The van der Waals surface area contributed by atoms with E-state index in [1.54, 1.807) is 0 Å². The number of allylic oxidation sites excluding steroid dienone is 3. The Hall–Kier alpha value is -7.92. The van der Waals surface area contributed by atoms with Crippen molar-refractivity contribution in [2.24, 2.45) is 10.9 Å². The van der Waals surface area contributed by atoms with Crippen molar-refractivity contribution in [3.05, 3.63) is 228 Å². The molecule has 1 saturated carbocycles. The number of para-hydroxylation sites is 1. The van der Waals surface area contributed by atoms with Gasteiger partial charge >= 0.3 is 0 Å². The van der Waals surface area contributed by atoms with E-state index >= 15 is 0 Å². The molecule has 3 nitrogen and oxygen atoms in total. The third kappa shape index (κ3) is 5.54. The number of aliphatic imine (C=N–C) groups is 1. The standard InChI is InChI=1S/C61H39N3S/c1-36-57(37-14-4-2-5-15-37)50-35-51(50)60(38-16-6-3-7-17-38)63-59(36)61-58-52-33-40(25-29-55(52)65-56(58)30-31-62-61)39-24-28-54-49(32-39)47-22-12-13-23-53(47)64(54)41-26-27-46-44-20-9-8-18-42(44)43-19-10-11-21-45(43)48(46)34-41/h2-34,51H,35H2,1H3. The average molecular weight is 846 g/mol. The maximum atomic E-state index is 5.64. The minimum absolute atomic E-state index is 0.299. The van der Waals surface area contributed by atoms with Crippen LogP contribution in [0.15, 0.2) is 216 Å². The fourth-order valence-corrected chi connectivity index (χ4v) is 12.1. The Morgan fingerprint density at radius 3 is 1.82 bits per heavy atom. The molecule has 0 bridgehead atoms. The fourth-order valence-electron chi connectivity index (χ4n) is 11.0. The first-order chi connectivity index (χ1) is 32.2. The molecular formula is C61H39N3S.